The minimum absolute atomic E-state index is 0.112. The Kier molecular flexibility index (Phi) is 6.86. The van der Waals surface area contributed by atoms with Crippen LogP contribution in [0.15, 0.2) is 66.2 Å². The van der Waals surface area contributed by atoms with E-state index >= 15 is 0 Å². The van der Waals surface area contributed by atoms with Gasteiger partial charge < -0.3 is 14.6 Å². The molecule has 0 bridgehead atoms. The molecule has 1 amide bonds. The van der Waals surface area contributed by atoms with Gasteiger partial charge in [0, 0.05) is 17.6 Å². The Morgan fingerprint density at radius 1 is 0.972 bits per heavy atom. The van der Waals surface area contributed by atoms with Crippen molar-refractivity contribution in [2.45, 2.75) is 26.8 Å². The van der Waals surface area contributed by atoms with Crippen LogP contribution in [0.25, 0.3) is 5.76 Å². The molecule has 36 heavy (non-hydrogen) atoms. The average Bonchev–Trinajstić information content (AvgIpc) is 3.11. The van der Waals surface area contributed by atoms with Crippen LogP contribution in [0.5, 0.6) is 11.5 Å². The fraction of sp³-hybridized carbons (Fsp3) is 0.179. The highest BCUT2D eigenvalue weighted by Crippen LogP contribution is 2.44. The number of aliphatic hydroxyl groups excluding tert-OH is 1. The molecule has 0 saturated carbocycles. The molecule has 0 spiro atoms. The first-order valence-electron chi connectivity index (χ1n) is 11.1. The van der Waals surface area contributed by atoms with Crippen molar-refractivity contribution < 1.29 is 29.0 Å². The van der Waals surface area contributed by atoms with E-state index in [2.05, 4.69) is 0 Å². The van der Waals surface area contributed by atoms with Crippen LogP contribution in [0.3, 0.4) is 0 Å². The van der Waals surface area contributed by atoms with E-state index in [4.69, 9.17) is 21.1 Å². The molecule has 184 valence electrons. The summed E-state index contributed by atoms with van der Waals surface area (Å²) in [5, 5.41) is 11.7. The lowest BCUT2D eigenvalue weighted by atomic mass is 9.94. The molecule has 1 atom stereocenters. The smallest absolute Gasteiger partial charge is 0.308 e. The van der Waals surface area contributed by atoms with Gasteiger partial charge in [0.05, 0.1) is 24.3 Å². The lowest BCUT2D eigenvalue weighted by molar-refractivity contribution is -0.132. The first-order chi connectivity index (χ1) is 17.1. The molecule has 7 nitrogen and oxygen atoms in total. The lowest BCUT2D eigenvalue weighted by Gasteiger charge is -2.26. The summed E-state index contributed by atoms with van der Waals surface area (Å²) in [6.07, 6.45) is 0. The predicted octanol–water partition coefficient (Wildman–Crippen LogP) is 5.52. The third kappa shape index (κ3) is 4.57. The van der Waals surface area contributed by atoms with Gasteiger partial charge in [0.2, 0.25) is 0 Å². The number of aliphatic hydroxyl groups is 1. The predicted molar refractivity (Wildman–Crippen MR) is 136 cm³/mol. The van der Waals surface area contributed by atoms with Gasteiger partial charge in [-0.25, -0.2) is 0 Å². The van der Waals surface area contributed by atoms with E-state index in [-0.39, 0.29) is 11.1 Å². The summed E-state index contributed by atoms with van der Waals surface area (Å²) in [5.74, 6) is -1.91. The number of nitrogens with zero attached hydrogens (tertiary/aromatic N) is 1. The van der Waals surface area contributed by atoms with E-state index in [1.807, 2.05) is 26.0 Å². The van der Waals surface area contributed by atoms with E-state index in [0.29, 0.717) is 27.8 Å². The number of methoxy groups -OCH3 is 1. The van der Waals surface area contributed by atoms with Gasteiger partial charge in [0.1, 0.15) is 17.3 Å². The van der Waals surface area contributed by atoms with Crippen molar-refractivity contribution in [2.75, 3.05) is 12.0 Å². The van der Waals surface area contributed by atoms with Crippen molar-refractivity contribution in [1.29, 1.82) is 0 Å². The van der Waals surface area contributed by atoms with Gasteiger partial charge in [-0.15, -0.1) is 0 Å². The summed E-state index contributed by atoms with van der Waals surface area (Å²) in [6, 6.07) is 15.5. The summed E-state index contributed by atoms with van der Waals surface area (Å²) in [6.45, 7) is 5.15. The molecule has 1 saturated heterocycles. The summed E-state index contributed by atoms with van der Waals surface area (Å²) in [7, 11) is 1.43. The van der Waals surface area contributed by atoms with Gasteiger partial charge in [-0.1, -0.05) is 29.8 Å². The Balaban J connectivity index is 1.95. The maximum atomic E-state index is 13.4. The fourth-order valence-corrected chi connectivity index (χ4v) is 4.36. The zero-order valence-electron chi connectivity index (χ0n) is 20.2. The number of amides is 1. The van der Waals surface area contributed by atoms with Gasteiger partial charge in [0.25, 0.3) is 11.7 Å². The van der Waals surface area contributed by atoms with Crippen LogP contribution in [0.2, 0.25) is 5.02 Å². The largest absolute Gasteiger partial charge is 0.507 e. The molecule has 1 N–H and O–H groups in total. The molecule has 1 aliphatic heterocycles. The van der Waals surface area contributed by atoms with E-state index in [1.54, 1.807) is 42.5 Å². The van der Waals surface area contributed by atoms with Gasteiger partial charge in [-0.05, 0) is 73.0 Å². The molecule has 1 aliphatic rings. The van der Waals surface area contributed by atoms with Crippen LogP contribution in [0, 0.1) is 13.8 Å². The van der Waals surface area contributed by atoms with Crippen molar-refractivity contribution in [3.63, 3.8) is 0 Å². The number of halogens is 1. The summed E-state index contributed by atoms with van der Waals surface area (Å²) >= 11 is 6.17. The maximum absolute atomic E-state index is 13.4. The lowest BCUT2D eigenvalue weighted by Crippen LogP contribution is -2.29. The molecule has 0 radical (unpaired) electrons. The Morgan fingerprint density at radius 2 is 1.67 bits per heavy atom. The van der Waals surface area contributed by atoms with Crippen LogP contribution in [0.1, 0.15) is 35.2 Å². The fourth-order valence-electron chi connectivity index (χ4n) is 4.18. The van der Waals surface area contributed by atoms with E-state index in [1.165, 1.54) is 25.0 Å². The minimum atomic E-state index is -0.956. The van der Waals surface area contributed by atoms with Gasteiger partial charge in [-0.2, -0.15) is 0 Å². The Labute approximate surface area is 213 Å². The highest BCUT2D eigenvalue weighted by atomic mass is 35.5. The second-order valence-electron chi connectivity index (χ2n) is 8.44. The van der Waals surface area contributed by atoms with Crippen molar-refractivity contribution in [2.24, 2.45) is 0 Å². The number of carbonyl (C=O) groups is 3. The molecular weight excluding hydrogens is 482 g/mol. The van der Waals surface area contributed by atoms with Crippen LogP contribution in [0.4, 0.5) is 5.69 Å². The molecule has 3 aromatic rings. The Morgan fingerprint density at radius 3 is 2.28 bits per heavy atom. The molecule has 1 unspecified atom stereocenters. The number of carbonyl (C=O) groups excluding carboxylic acids is 3. The monoisotopic (exact) mass is 505 g/mol. The number of rotatable bonds is 5. The SMILES string of the molecule is COc1ccc(Cl)cc1/C(O)=C1\C(=O)C(=O)N(c2ccc(C)c(C)c2)C1c1ccc(OC(C)=O)cc1. The molecule has 0 aliphatic carbocycles. The van der Waals surface area contributed by atoms with E-state index in [9.17, 15) is 19.5 Å². The minimum Gasteiger partial charge on any atom is -0.507 e. The number of benzene rings is 3. The molecule has 1 fully saturated rings. The van der Waals surface area contributed by atoms with E-state index in [0.717, 1.165) is 11.1 Å². The van der Waals surface area contributed by atoms with Gasteiger partial charge >= 0.3 is 5.97 Å². The maximum Gasteiger partial charge on any atom is 0.308 e. The standard InChI is InChI=1S/C28H24ClNO6/c1-15-5-9-20(13-16(15)2)30-25(18-6-10-21(11-7-18)36-17(3)31)24(27(33)28(30)34)26(32)22-14-19(29)8-12-23(22)35-4/h5-14,25,32H,1-4H3/b26-24+. The van der Waals surface area contributed by atoms with Crippen molar-refractivity contribution >= 4 is 40.7 Å². The van der Waals surface area contributed by atoms with Crippen LogP contribution in [-0.4, -0.2) is 29.9 Å². The summed E-state index contributed by atoms with van der Waals surface area (Å²) in [4.78, 5) is 39.5. The molecule has 3 aromatic carbocycles. The number of ketones is 1. The molecule has 1 heterocycles. The number of Topliss-reactive ketones (excluding diaryl/α,β-unsaturated/α-hetero) is 1. The van der Waals surface area contributed by atoms with Crippen LogP contribution in [-0.2, 0) is 14.4 Å². The molecule has 0 aromatic heterocycles. The second-order valence-corrected chi connectivity index (χ2v) is 8.88. The highest BCUT2D eigenvalue weighted by molar-refractivity contribution is 6.51. The van der Waals surface area contributed by atoms with E-state index < -0.39 is 29.5 Å². The Hall–Kier alpha value is -4.10. The average molecular weight is 506 g/mol. The van der Waals surface area contributed by atoms with Gasteiger partial charge in [-0.3, -0.25) is 19.3 Å². The normalized spacial score (nSPS) is 16.8. The summed E-state index contributed by atoms with van der Waals surface area (Å²) < 4.78 is 10.5. The number of aryl methyl sites for hydroxylation is 2. The third-order valence-electron chi connectivity index (χ3n) is 6.09. The van der Waals surface area contributed by atoms with Crippen molar-refractivity contribution in [1.82, 2.24) is 0 Å². The number of ether oxygens (including phenoxy) is 2. The zero-order valence-corrected chi connectivity index (χ0v) is 20.9. The van der Waals surface area contributed by atoms with Crippen molar-refractivity contribution in [3.8, 4) is 11.5 Å². The number of hydrogen-bond acceptors (Lipinski definition) is 6. The zero-order chi connectivity index (χ0) is 26.1. The molecule has 8 heteroatoms. The highest BCUT2D eigenvalue weighted by Gasteiger charge is 2.47. The first-order valence-corrected chi connectivity index (χ1v) is 11.5. The summed E-state index contributed by atoms with van der Waals surface area (Å²) in [5.41, 5.74) is 3.08. The number of anilines is 1. The number of hydrogen-bond donors (Lipinski definition) is 1. The van der Waals surface area contributed by atoms with Gasteiger partial charge in [0.15, 0.2) is 0 Å². The number of esters is 1. The quantitative estimate of drug-likeness (QED) is 0.161. The Bertz CT molecular complexity index is 1410. The molecular formula is C28H24ClNO6. The first kappa shape index (κ1) is 25.0. The van der Waals surface area contributed by atoms with Crippen molar-refractivity contribution in [3.05, 3.63) is 93.5 Å². The van der Waals surface area contributed by atoms with Crippen LogP contribution < -0.4 is 14.4 Å². The molecule has 4 rings (SSSR count). The third-order valence-corrected chi connectivity index (χ3v) is 6.32. The van der Waals surface area contributed by atoms with Crippen LogP contribution >= 0.6 is 11.6 Å². The topological polar surface area (TPSA) is 93.1 Å². The second kappa shape index (κ2) is 9.87.